The molecule has 0 amide bonds. The first-order valence-corrected chi connectivity index (χ1v) is 11.0. The van der Waals surface area contributed by atoms with Gasteiger partial charge in [-0.05, 0) is 66.2 Å². The van der Waals surface area contributed by atoms with E-state index in [0.717, 1.165) is 19.4 Å². The standard InChI is InChI=1S/C22H42N2O/c1-19(2)16-21(17-20(3,4)24-19)18-23-22(25-21)14-12-10-8-6-5-7-9-11-13-15-22/h23-24H,5-18H2,1-4H3. The topological polar surface area (TPSA) is 33.3 Å². The Labute approximate surface area is 156 Å². The summed E-state index contributed by atoms with van der Waals surface area (Å²) in [6.07, 6.45) is 17.1. The summed E-state index contributed by atoms with van der Waals surface area (Å²) in [6, 6.07) is 0. The Bertz CT molecular complexity index is 415. The minimum Gasteiger partial charge on any atom is -0.353 e. The quantitative estimate of drug-likeness (QED) is 0.623. The highest BCUT2D eigenvalue weighted by molar-refractivity contribution is 5.10. The molecule has 3 fully saturated rings. The second-order valence-corrected chi connectivity index (χ2v) is 10.6. The van der Waals surface area contributed by atoms with Crippen LogP contribution in [-0.4, -0.2) is 28.9 Å². The zero-order chi connectivity index (χ0) is 18.0. The molecule has 2 spiro atoms. The first-order chi connectivity index (χ1) is 11.7. The first kappa shape index (κ1) is 19.6. The Morgan fingerprint density at radius 3 is 1.56 bits per heavy atom. The van der Waals surface area contributed by atoms with Crippen molar-refractivity contribution in [2.75, 3.05) is 6.54 Å². The third kappa shape index (κ3) is 5.20. The molecule has 0 atom stereocenters. The highest BCUT2D eigenvalue weighted by atomic mass is 16.6. The second-order valence-electron chi connectivity index (χ2n) is 10.6. The van der Waals surface area contributed by atoms with Gasteiger partial charge >= 0.3 is 0 Å². The van der Waals surface area contributed by atoms with Gasteiger partial charge in [-0.1, -0.05) is 44.9 Å². The third-order valence-corrected chi connectivity index (χ3v) is 6.51. The van der Waals surface area contributed by atoms with Gasteiger partial charge in [0.15, 0.2) is 0 Å². The van der Waals surface area contributed by atoms with E-state index in [1.165, 1.54) is 70.6 Å². The van der Waals surface area contributed by atoms with Crippen LogP contribution in [0.4, 0.5) is 0 Å². The molecule has 0 unspecified atom stereocenters. The number of ether oxygens (including phenoxy) is 1. The second kappa shape index (κ2) is 7.48. The smallest absolute Gasteiger partial charge is 0.120 e. The summed E-state index contributed by atoms with van der Waals surface area (Å²) in [4.78, 5) is 0. The Hall–Kier alpha value is -0.120. The van der Waals surface area contributed by atoms with Crippen LogP contribution in [0.25, 0.3) is 0 Å². The normalized spacial score (nSPS) is 32.2. The minimum absolute atomic E-state index is 0.00924. The van der Waals surface area contributed by atoms with E-state index >= 15 is 0 Å². The molecule has 3 rings (SSSR count). The SMILES string of the molecule is CC1(C)CC2(CNC3(CCCCCCCCCCC3)O2)CC(C)(C)N1. The van der Waals surface area contributed by atoms with Crippen LogP contribution < -0.4 is 10.6 Å². The monoisotopic (exact) mass is 350 g/mol. The lowest BCUT2D eigenvalue weighted by Crippen LogP contribution is -2.64. The molecule has 3 heteroatoms. The summed E-state index contributed by atoms with van der Waals surface area (Å²) in [6.45, 7) is 10.4. The van der Waals surface area contributed by atoms with Gasteiger partial charge in [-0.2, -0.15) is 0 Å². The number of nitrogens with one attached hydrogen (secondary N) is 2. The number of rotatable bonds is 0. The van der Waals surface area contributed by atoms with Gasteiger partial charge in [-0.3, -0.25) is 5.32 Å². The molecule has 2 aliphatic heterocycles. The molecular formula is C22H42N2O. The van der Waals surface area contributed by atoms with Crippen molar-refractivity contribution in [2.45, 2.75) is 134 Å². The molecule has 0 bridgehead atoms. The van der Waals surface area contributed by atoms with Crippen LogP contribution in [0.15, 0.2) is 0 Å². The summed E-state index contributed by atoms with van der Waals surface area (Å²) in [7, 11) is 0. The van der Waals surface area contributed by atoms with E-state index in [-0.39, 0.29) is 22.4 Å². The van der Waals surface area contributed by atoms with Gasteiger partial charge in [0.25, 0.3) is 0 Å². The van der Waals surface area contributed by atoms with Gasteiger partial charge in [0.05, 0.1) is 5.60 Å². The van der Waals surface area contributed by atoms with E-state index in [4.69, 9.17) is 4.74 Å². The Kier molecular flexibility index (Phi) is 5.88. The average Bonchev–Trinajstić information content (AvgIpc) is 2.77. The third-order valence-electron chi connectivity index (χ3n) is 6.51. The summed E-state index contributed by atoms with van der Waals surface area (Å²) in [5.74, 6) is 0. The predicted octanol–water partition coefficient (Wildman–Crippen LogP) is 5.29. The van der Waals surface area contributed by atoms with Gasteiger partial charge in [0.2, 0.25) is 0 Å². The lowest BCUT2D eigenvalue weighted by atomic mass is 9.73. The van der Waals surface area contributed by atoms with Crippen LogP contribution in [0, 0.1) is 0 Å². The largest absolute Gasteiger partial charge is 0.353 e. The van der Waals surface area contributed by atoms with Gasteiger partial charge in [-0.15, -0.1) is 0 Å². The van der Waals surface area contributed by atoms with E-state index < -0.39 is 0 Å². The molecule has 0 aromatic carbocycles. The Balaban J connectivity index is 1.70. The molecular weight excluding hydrogens is 308 g/mol. The van der Waals surface area contributed by atoms with Crippen LogP contribution in [0.3, 0.4) is 0 Å². The summed E-state index contributed by atoms with van der Waals surface area (Å²) >= 11 is 0. The zero-order valence-corrected chi connectivity index (χ0v) is 17.3. The molecule has 1 saturated carbocycles. The molecule has 146 valence electrons. The minimum atomic E-state index is -0.0529. The van der Waals surface area contributed by atoms with Crippen LogP contribution >= 0.6 is 0 Å². The van der Waals surface area contributed by atoms with Crippen LogP contribution in [0.1, 0.15) is 111 Å². The van der Waals surface area contributed by atoms with Crippen LogP contribution in [0.2, 0.25) is 0 Å². The van der Waals surface area contributed by atoms with Crippen molar-refractivity contribution in [3.05, 3.63) is 0 Å². The van der Waals surface area contributed by atoms with E-state index in [0.29, 0.717) is 0 Å². The van der Waals surface area contributed by atoms with Crippen molar-refractivity contribution < 1.29 is 4.74 Å². The van der Waals surface area contributed by atoms with Gasteiger partial charge < -0.3 is 10.1 Å². The van der Waals surface area contributed by atoms with E-state index in [1.807, 2.05) is 0 Å². The number of hydrogen-bond donors (Lipinski definition) is 2. The molecule has 3 aliphatic rings. The van der Waals surface area contributed by atoms with Crippen molar-refractivity contribution in [1.29, 1.82) is 0 Å². The van der Waals surface area contributed by atoms with E-state index in [1.54, 1.807) is 0 Å². The van der Waals surface area contributed by atoms with Crippen molar-refractivity contribution >= 4 is 0 Å². The summed E-state index contributed by atoms with van der Waals surface area (Å²) in [5, 5.41) is 7.73. The van der Waals surface area contributed by atoms with E-state index in [2.05, 4.69) is 38.3 Å². The summed E-state index contributed by atoms with van der Waals surface area (Å²) < 4.78 is 7.04. The maximum Gasteiger partial charge on any atom is 0.120 e. The fourth-order valence-electron chi connectivity index (χ4n) is 6.15. The fraction of sp³-hybridized carbons (Fsp3) is 1.00. The Morgan fingerprint density at radius 2 is 1.08 bits per heavy atom. The van der Waals surface area contributed by atoms with Crippen molar-refractivity contribution in [2.24, 2.45) is 0 Å². The average molecular weight is 351 g/mol. The lowest BCUT2D eigenvalue weighted by Gasteiger charge is -2.51. The van der Waals surface area contributed by atoms with Gasteiger partial charge in [0, 0.05) is 17.6 Å². The zero-order valence-electron chi connectivity index (χ0n) is 17.3. The van der Waals surface area contributed by atoms with Crippen molar-refractivity contribution in [3.63, 3.8) is 0 Å². The highest BCUT2D eigenvalue weighted by Crippen LogP contribution is 2.45. The lowest BCUT2D eigenvalue weighted by molar-refractivity contribution is -0.152. The molecule has 0 aromatic rings. The Morgan fingerprint density at radius 1 is 0.640 bits per heavy atom. The van der Waals surface area contributed by atoms with Crippen LogP contribution in [0.5, 0.6) is 0 Å². The molecule has 1 aliphatic carbocycles. The molecule has 0 radical (unpaired) electrons. The summed E-state index contributed by atoms with van der Waals surface area (Å²) in [5.41, 5.74) is 0.235. The van der Waals surface area contributed by atoms with Crippen LogP contribution in [-0.2, 0) is 4.74 Å². The molecule has 2 heterocycles. The molecule has 0 aromatic heterocycles. The highest BCUT2D eigenvalue weighted by Gasteiger charge is 2.55. The molecule has 3 nitrogen and oxygen atoms in total. The van der Waals surface area contributed by atoms with E-state index in [9.17, 15) is 0 Å². The molecule has 2 N–H and O–H groups in total. The van der Waals surface area contributed by atoms with Crippen molar-refractivity contribution in [3.8, 4) is 0 Å². The van der Waals surface area contributed by atoms with Crippen molar-refractivity contribution in [1.82, 2.24) is 10.6 Å². The van der Waals surface area contributed by atoms with Gasteiger partial charge in [0.1, 0.15) is 5.72 Å². The first-order valence-electron chi connectivity index (χ1n) is 11.0. The molecule has 2 saturated heterocycles. The fourth-order valence-corrected chi connectivity index (χ4v) is 6.15. The maximum atomic E-state index is 7.04. The predicted molar refractivity (Wildman–Crippen MR) is 106 cm³/mol. The molecule has 25 heavy (non-hydrogen) atoms. The maximum absolute atomic E-state index is 7.04. The number of piperidine rings is 1. The number of hydrogen-bond acceptors (Lipinski definition) is 3. The van der Waals surface area contributed by atoms with Gasteiger partial charge in [-0.25, -0.2) is 0 Å².